The molecule has 0 spiro atoms. The molecule has 0 saturated carbocycles. The van der Waals surface area contributed by atoms with Crippen LogP contribution in [-0.2, 0) is 0 Å². The van der Waals surface area contributed by atoms with Gasteiger partial charge in [0.15, 0.2) is 17.5 Å². The van der Waals surface area contributed by atoms with Crippen molar-refractivity contribution < 1.29 is 0 Å². The van der Waals surface area contributed by atoms with E-state index in [-0.39, 0.29) is 0 Å². The first-order valence-corrected chi connectivity index (χ1v) is 17.6. The molecular weight excluding hydrogens is 631 g/mol. The monoisotopic (exact) mass is 661 g/mol. The standard InChI is InChI=1S/C49H31N3/c1-2-11-34(12-3-1)45-16-8-15-35-19-20-41(31-46(35)45)39-21-22-40-30-44(26-23-38(40)27-39)49-51-47(42-24-17-32-9-4-6-13-36(32)28-42)50-48(52-49)43-25-18-33-10-5-7-14-37(33)29-43/h1-31H. The minimum Gasteiger partial charge on any atom is -0.208 e. The van der Waals surface area contributed by atoms with Crippen LogP contribution in [0.4, 0.5) is 0 Å². The lowest BCUT2D eigenvalue weighted by molar-refractivity contribution is 1.08. The number of rotatable bonds is 5. The van der Waals surface area contributed by atoms with E-state index in [1.165, 1.54) is 43.8 Å². The molecule has 1 aromatic heterocycles. The Balaban J connectivity index is 1.07. The molecule has 10 aromatic rings. The molecule has 0 atom stereocenters. The molecule has 0 saturated heterocycles. The van der Waals surface area contributed by atoms with E-state index in [1.54, 1.807) is 0 Å². The van der Waals surface area contributed by atoms with Crippen LogP contribution in [-0.4, -0.2) is 15.0 Å². The topological polar surface area (TPSA) is 38.7 Å². The lowest BCUT2D eigenvalue weighted by atomic mass is 9.94. The van der Waals surface area contributed by atoms with Crippen LogP contribution in [0.2, 0.25) is 0 Å². The van der Waals surface area contributed by atoms with Crippen molar-refractivity contribution in [3.05, 3.63) is 188 Å². The maximum absolute atomic E-state index is 5.08. The van der Waals surface area contributed by atoms with Gasteiger partial charge in [-0.2, -0.15) is 0 Å². The maximum Gasteiger partial charge on any atom is 0.164 e. The molecule has 0 aliphatic rings. The van der Waals surface area contributed by atoms with Crippen LogP contribution in [0, 0.1) is 0 Å². The highest BCUT2D eigenvalue weighted by Crippen LogP contribution is 2.35. The smallest absolute Gasteiger partial charge is 0.164 e. The summed E-state index contributed by atoms with van der Waals surface area (Å²) in [6, 6.07) is 66.7. The molecule has 3 nitrogen and oxygen atoms in total. The summed E-state index contributed by atoms with van der Waals surface area (Å²) in [6.45, 7) is 0. The predicted molar refractivity (Wildman–Crippen MR) is 217 cm³/mol. The number of benzene rings is 9. The second kappa shape index (κ2) is 12.4. The van der Waals surface area contributed by atoms with Gasteiger partial charge >= 0.3 is 0 Å². The van der Waals surface area contributed by atoms with E-state index < -0.39 is 0 Å². The van der Waals surface area contributed by atoms with Crippen LogP contribution in [0.3, 0.4) is 0 Å². The van der Waals surface area contributed by atoms with Gasteiger partial charge in [-0.1, -0.05) is 158 Å². The summed E-state index contributed by atoms with van der Waals surface area (Å²) in [5.74, 6) is 1.95. The van der Waals surface area contributed by atoms with Crippen molar-refractivity contribution >= 4 is 43.1 Å². The maximum atomic E-state index is 5.08. The number of fused-ring (bicyclic) bond motifs is 4. The van der Waals surface area contributed by atoms with Gasteiger partial charge in [0.05, 0.1) is 0 Å². The largest absolute Gasteiger partial charge is 0.208 e. The molecule has 242 valence electrons. The van der Waals surface area contributed by atoms with Crippen molar-refractivity contribution in [2.24, 2.45) is 0 Å². The number of nitrogens with zero attached hydrogens (tertiary/aromatic N) is 3. The quantitative estimate of drug-likeness (QED) is 0.184. The lowest BCUT2D eigenvalue weighted by Gasteiger charge is -2.11. The Labute approximate surface area is 301 Å². The summed E-state index contributed by atoms with van der Waals surface area (Å²) in [5.41, 5.74) is 7.71. The average Bonchev–Trinajstić information content (AvgIpc) is 3.22. The highest BCUT2D eigenvalue weighted by atomic mass is 15.0. The molecule has 0 bridgehead atoms. The van der Waals surface area contributed by atoms with E-state index in [9.17, 15) is 0 Å². The van der Waals surface area contributed by atoms with Gasteiger partial charge in [0.2, 0.25) is 0 Å². The summed E-state index contributed by atoms with van der Waals surface area (Å²) < 4.78 is 0. The molecule has 52 heavy (non-hydrogen) atoms. The molecule has 3 heteroatoms. The third-order valence-corrected chi connectivity index (χ3v) is 10.0. The molecule has 1 heterocycles. The Morgan fingerprint density at radius 1 is 0.231 bits per heavy atom. The van der Waals surface area contributed by atoms with Crippen molar-refractivity contribution in [2.45, 2.75) is 0 Å². The summed E-state index contributed by atoms with van der Waals surface area (Å²) in [5, 5.41) is 9.45. The molecule has 0 radical (unpaired) electrons. The van der Waals surface area contributed by atoms with Crippen molar-refractivity contribution in [3.63, 3.8) is 0 Å². The summed E-state index contributed by atoms with van der Waals surface area (Å²) in [7, 11) is 0. The van der Waals surface area contributed by atoms with E-state index in [1.807, 2.05) is 0 Å². The lowest BCUT2D eigenvalue weighted by Crippen LogP contribution is -2.00. The van der Waals surface area contributed by atoms with Crippen LogP contribution < -0.4 is 0 Å². The molecule has 0 amide bonds. The minimum atomic E-state index is 0.648. The van der Waals surface area contributed by atoms with Crippen LogP contribution >= 0.6 is 0 Å². The first kappa shape index (κ1) is 29.9. The van der Waals surface area contributed by atoms with E-state index in [4.69, 9.17) is 15.0 Å². The summed E-state index contributed by atoms with van der Waals surface area (Å²) in [4.78, 5) is 15.2. The molecule has 0 N–H and O–H groups in total. The van der Waals surface area contributed by atoms with Crippen LogP contribution in [0.15, 0.2) is 188 Å². The normalized spacial score (nSPS) is 11.5. The van der Waals surface area contributed by atoms with Crippen molar-refractivity contribution in [3.8, 4) is 56.4 Å². The molecule has 0 fully saturated rings. The van der Waals surface area contributed by atoms with Crippen LogP contribution in [0.1, 0.15) is 0 Å². The Morgan fingerprint density at radius 3 is 1.17 bits per heavy atom. The van der Waals surface area contributed by atoms with E-state index >= 15 is 0 Å². The van der Waals surface area contributed by atoms with Gasteiger partial charge in [-0.05, 0) is 95.7 Å². The minimum absolute atomic E-state index is 0.648. The second-order valence-corrected chi connectivity index (χ2v) is 13.3. The summed E-state index contributed by atoms with van der Waals surface area (Å²) in [6.07, 6.45) is 0. The number of hydrogen-bond donors (Lipinski definition) is 0. The zero-order valence-electron chi connectivity index (χ0n) is 28.2. The number of aromatic nitrogens is 3. The van der Waals surface area contributed by atoms with Crippen molar-refractivity contribution in [1.29, 1.82) is 0 Å². The molecular formula is C49H31N3. The SMILES string of the molecule is c1ccc(-c2cccc3ccc(-c4ccc5cc(-c6nc(-c7ccc8ccccc8c7)nc(-c7ccc8ccccc8c7)n6)ccc5c4)cc23)cc1. The average molecular weight is 662 g/mol. The third kappa shape index (κ3) is 5.46. The second-order valence-electron chi connectivity index (χ2n) is 13.3. The van der Waals surface area contributed by atoms with Crippen molar-refractivity contribution in [2.75, 3.05) is 0 Å². The zero-order valence-corrected chi connectivity index (χ0v) is 28.2. The molecule has 0 unspecified atom stereocenters. The van der Waals surface area contributed by atoms with Gasteiger partial charge in [-0.25, -0.2) is 15.0 Å². The number of hydrogen-bond acceptors (Lipinski definition) is 3. The van der Waals surface area contributed by atoms with Crippen LogP contribution in [0.25, 0.3) is 99.5 Å². The third-order valence-electron chi connectivity index (χ3n) is 10.0. The summed E-state index contributed by atoms with van der Waals surface area (Å²) >= 11 is 0. The van der Waals surface area contributed by atoms with Crippen molar-refractivity contribution in [1.82, 2.24) is 15.0 Å². The van der Waals surface area contributed by atoms with E-state index in [2.05, 4.69) is 188 Å². The highest BCUT2D eigenvalue weighted by Gasteiger charge is 2.14. The first-order valence-electron chi connectivity index (χ1n) is 17.6. The highest BCUT2D eigenvalue weighted by molar-refractivity contribution is 6.00. The van der Waals surface area contributed by atoms with E-state index in [0.29, 0.717) is 17.5 Å². The fraction of sp³-hybridized carbons (Fsp3) is 0. The Morgan fingerprint density at radius 2 is 0.615 bits per heavy atom. The Bertz CT molecular complexity index is 2870. The molecule has 0 aliphatic heterocycles. The van der Waals surface area contributed by atoms with Gasteiger partial charge in [-0.15, -0.1) is 0 Å². The predicted octanol–water partition coefficient (Wildman–Crippen LogP) is 12.8. The zero-order chi connectivity index (χ0) is 34.4. The van der Waals surface area contributed by atoms with Gasteiger partial charge in [-0.3, -0.25) is 0 Å². The first-order chi connectivity index (χ1) is 25.7. The molecule has 10 rings (SSSR count). The Hall–Kier alpha value is -6.97. The van der Waals surface area contributed by atoms with E-state index in [0.717, 1.165) is 38.2 Å². The van der Waals surface area contributed by atoms with Gasteiger partial charge in [0.25, 0.3) is 0 Å². The van der Waals surface area contributed by atoms with Crippen LogP contribution in [0.5, 0.6) is 0 Å². The molecule has 9 aromatic carbocycles. The van der Waals surface area contributed by atoms with Gasteiger partial charge < -0.3 is 0 Å². The van der Waals surface area contributed by atoms with Gasteiger partial charge in [0.1, 0.15) is 0 Å². The fourth-order valence-electron chi connectivity index (χ4n) is 7.31. The Kier molecular flexibility index (Phi) is 7.14. The fourth-order valence-corrected chi connectivity index (χ4v) is 7.31. The molecule has 0 aliphatic carbocycles. The van der Waals surface area contributed by atoms with Gasteiger partial charge in [0, 0.05) is 16.7 Å².